The van der Waals surface area contributed by atoms with Crippen LogP contribution in [0.25, 0.3) is 0 Å². The number of nitrogens with zero attached hydrogens (tertiary/aromatic N) is 1. The Morgan fingerprint density at radius 3 is 2.55 bits per heavy atom. The third-order valence-corrected chi connectivity index (χ3v) is 1.52. The van der Waals surface area contributed by atoms with Crippen LogP contribution in [-0.4, -0.2) is 24.6 Å². The van der Waals surface area contributed by atoms with E-state index in [0.717, 1.165) is 19.3 Å². The van der Waals surface area contributed by atoms with Gasteiger partial charge in [-0.2, -0.15) is 0 Å². The maximum Gasteiger partial charge on any atom is 0.329 e. The SMILES string of the molecule is CCCCCN(NC)C(N)=O. The molecule has 0 saturated carbocycles. The minimum Gasteiger partial charge on any atom is -0.350 e. The Hall–Kier alpha value is -0.770. The van der Waals surface area contributed by atoms with E-state index in [9.17, 15) is 4.79 Å². The molecular formula is C7H17N3O. The average Bonchev–Trinajstić information content (AvgIpc) is 1.97. The molecule has 4 heteroatoms. The highest BCUT2D eigenvalue weighted by atomic mass is 16.2. The van der Waals surface area contributed by atoms with Gasteiger partial charge < -0.3 is 5.73 Å². The fourth-order valence-electron chi connectivity index (χ4n) is 0.852. The van der Waals surface area contributed by atoms with E-state index in [1.165, 1.54) is 5.01 Å². The summed E-state index contributed by atoms with van der Waals surface area (Å²) >= 11 is 0. The van der Waals surface area contributed by atoms with Crippen molar-refractivity contribution in [1.29, 1.82) is 0 Å². The summed E-state index contributed by atoms with van der Waals surface area (Å²) in [7, 11) is 1.69. The summed E-state index contributed by atoms with van der Waals surface area (Å²) in [6, 6.07) is -0.413. The van der Waals surface area contributed by atoms with Crippen molar-refractivity contribution in [3.8, 4) is 0 Å². The number of amides is 2. The first-order valence-corrected chi connectivity index (χ1v) is 3.96. The highest BCUT2D eigenvalue weighted by Crippen LogP contribution is 1.95. The van der Waals surface area contributed by atoms with E-state index < -0.39 is 6.03 Å². The molecule has 0 atom stereocenters. The maximum atomic E-state index is 10.6. The lowest BCUT2D eigenvalue weighted by molar-refractivity contribution is 0.186. The molecule has 0 radical (unpaired) electrons. The molecule has 0 bridgehead atoms. The average molecular weight is 159 g/mol. The Bertz CT molecular complexity index is 116. The van der Waals surface area contributed by atoms with E-state index in [2.05, 4.69) is 12.3 Å². The smallest absolute Gasteiger partial charge is 0.329 e. The third kappa shape index (κ3) is 4.61. The Morgan fingerprint density at radius 2 is 2.18 bits per heavy atom. The van der Waals surface area contributed by atoms with E-state index in [4.69, 9.17) is 5.73 Å². The van der Waals surface area contributed by atoms with Crippen LogP contribution in [0.15, 0.2) is 0 Å². The minimum absolute atomic E-state index is 0.413. The van der Waals surface area contributed by atoms with E-state index >= 15 is 0 Å². The molecule has 0 aromatic heterocycles. The number of hydrogen-bond acceptors (Lipinski definition) is 2. The number of urea groups is 1. The summed E-state index contributed by atoms with van der Waals surface area (Å²) in [6.07, 6.45) is 3.28. The lowest BCUT2D eigenvalue weighted by Gasteiger charge is -2.17. The molecule has 0 aliphatic carbocycles. The van der Waals surface area contributed by atoms with Crippen molar-refractivity contribution in [3.63, 3.8) is 0 Å². The first-order valence-electron chi connectivity index (χ1n) is 3.96. The van der Waals surface area contributed by atoms with Gasteiger partial charge in [-0.1, -0.05) is 19.8 Å². The van der Waals surface area contributed by atoms with E-state index in [-0.39, 0.29) is 0 Å². The summed E-state index contributed by atoms with van der Waals surface area (Å²) in [4.78, 5) is 10.6. The molecule has 2 amide bonds. The number of carbonyl (C=O) groups excluding carboxylic acids is 1. The fraction of sp³-hybridized carbons (Fsp3) is 0.857. The standard InChI is InChI=1S/C7H17N3O/c1-3-4-5-6-10(9-2)7(8)11/h9H,3-6H2,1-2H3,(H2,8,11). The predicted molar refractivity (Wildman–Crippen MR) is 44.9 cm³/mol. The van der Waals surface area contributed by atoms with Gasteiger partial charge in [0.15, 0.2) is 0 Å². The van der Waals surface area contributed by atoms with Crippen LogP contribution in [0, 0.1) is 0 Å². The summed E-state index contributed by atoms with van der Waals surface area (Å²) in [5.41, 5.74) is 7.77. The fourth-order valence-corrected chi connectivity index (χ4v) is 0.852. The van der Waals surface area contributed by atoms with Gasteiger partial charge in [0, 0.05) is 13.6 Å². The first-order chi connectivity index (χ1) is 5.22. The van der Waals surface area contributed by atoms with Crippen molar-refractivity contribution in [2.75, 3.05) is 13.6 Å². The molecule has 0 aromatic rings. The molecule has 0 aliphatic heterocycles. The van der Waals surface area contributed by atoms with Gasteiger partial charge in [0.05, 0.1) is 0 Å². The van der Waals surface area contributed by atoms with Gasteiger partial charge in [-0.25, -0.2) is 10.2 Å². The van der Waals surface area contributed by atoms with Gasteiger partial charge in [0.1, 0.15) is 0 Å². The number of nitrogens with two attached hydrogens (primary N) is 1. The van der Waals surface area contributed by atoms with Crippen molar-refractivity contribution in [1.82, 2.24) is 10.4 Å². The van der Waals surface area contributed by atoms with Crippen LogP contribution in [0.2, 0.25) is 0 Å². The van der Waals surface area contributed by atoms with Crippen LogP contribution < -0.4 is 11.2 Å². The number of nitrogens with one attached hydrogen (secondary N) is 1. The van der Waals surface area contributed by atoms with Crippen molar-refractivity contribution in [2.45, 2.75) is 26.2 Å². The monoisotopic (exact) mass is 159 g/mol. The minimum atomic E-state index is -0.413. The third-order valence-electron chi connectivity index (χ3n) is 1.52. The Labute approximate surface area is 67.7 Å². The first kappa shape index (κ1) is 10.2. The van der Waals surface area contributed by atoms with Gasteiger partial charge >= 0.3 is 6.03 Å². The Kier molecular flexibility index (Phi) is 5.56. The van der Waals surface area contributed by atoms with Crippen molar-refractivity contribution < 1.29 is 4.79 Å². The predicted octanol–water partition coefficient (Wildman–Crippen LogP) is 0.692. The van der Waals surface area contributed by atoms with Gasteiger partial charge in [0.2, 0.25) is 0 Å². The zero-order valence-electron chi connectivity index (χ0n) is 7.26. The van der Waals surface area contributed by atoms with Gasteiger partial charge in [-0.3, -0.25) is 5.01 Å². The molecule has 0 saturated heterocycles. The second-order valence-electron chi connectivity index (χ2n) is 2.42. The molecule has 0 spiro atoms. The van der Waals surface area contributed by atoms with Crippen LogP contribution in [0.1, 0.15) is 26.2 Å². The molecule has 66 valence electrons. The second-order valence-corrected chi connectivity index (χ2v) is 2.42. The highest BCUT2D eigenvalue weighted by molar-refractivity contribution is 5.71. The van der Waals surface area contributed by atoms with Crippen LogP contribution in [0.4, 0.5) is 4.79 Å². The summed E-state index contributed by atoms with van der Waals surface area (Å²) in [6.45, 7) is 2.81. The zero-order chi connectivity index (χ0) is 8.69. The van der Waals surface area contributed by atoms with Crippen LogP contribution >= 0.6 is 0 Å². The Balaban J connectivity index is 3.44. The van der Waals surface area contributed by atoms with Crippen molar-refractivity contribution in [2.24, 2.45) is 5.73 Å². The summed E-state index contributed by atoms with van der Waals surface area (Å²) in [5, 5.41) is 1.41. The highest BCUT2D eigenvalue weighted by Gasteiger charge is 2.04. The number of hydrazine groups is 1. The Morgan fingerprint density at radius 1 is 1.55 bits per heavy atom. The number of unbranched alkanes of at least 4 members (excludes halogenated alkanes) is 2. The largest absolute Gasteiger partial charge is 0.350 e. The molecule has 4 nitrogen and oxygen atoms in total. The van der Waals surface area contributed by atoms with Crippen molar-refractivity contribution >= 4 is 6.03 Å². The molecule has 0 aliphatic rings. The number of carbonyl (C=O) groups is 1. The van der Waals surface area contributed by atoms with Crippen LogP contribution in [0.5, 0.6) is 0 Å². The van der Waals surface area contributed by atoms with E-state index in [1.54, 1.807) is 7.05 Å². The van der Waals surface area contributed by atoms with Crippen molar-refractivity contribution in [3.05, 3.63) is 0 Å². The lowest BCUT2D eigenvalue weighted by atomic mass is 10.2. The van der Waals surface area contributed by atoms with E-state index in [0.29, 0.717) is 6.54 Å². The van der Waals surface area contributed by atoms with Gasteiger partial charge in [-0.05, 0) is 6.42 Å². The molecule has 3 N–H and O–H groups in total. The zero-order valence-corrected chi connectivity index (χ0v) is 7.26. The molecule has 0 rings (SSSR count). The molecular weight excluding hydrogens is 142 g/mol. The summed E-state index contributed by atoms with van der Waals surface area (Å²) < 4.78 is 0. The maximum absolute atomic E-state index is 10.6. The molecule has 0 unspecified atom stereocenters. The lowest BCUT2D eigenvalue weighted by Crippen LogP contribution is -2.44. The molecule has 0 fully saturated rings. The van der Waals surface area contributed by atoms with E-state index in [1.807, 2.05) is 0 Å². The molecule has 0 heterocycles. The number of primary amides is 1. The number of rotatable bonds is 5. The van der Waals surface area contributed by atoms with Crippen LogP contribution in [-0.2, 0) is 0 Å². The number of hydrogen-bond donors (Lipinski definition) is 2. The normalized spacial score (nSPS) is 9.64. The van der Waals surface area contributed by atoms with Gasteiger partial charge in [-0.15, -0.1) is 0 Å². The quantitative estimate of drug-likeness (QED) is 0.458. The van der Waals surface area contributed by atoms with Crippen LogP contribution in [0.3, 0.4) is 0 Å². The topological polar surface area (TPSA) is 58.4 Å². The summed E-state index contributed by atoms with van der Waals surface area (Å²) in [5.74, 6) is 0. The molecule has 0 aromatic carbocycles. The second kappa shape index (κ2) is 5.97. The van der Waals surface area contributed by atoms with Gasteiger partial charge in [0.25, 0.3) is 0 Å². The molecule has 11 heavy (non-hydrogen) atoms.